The molecule has 7 atom stereocenters. The molecule has 0 aromatic heterocycles. The third-order valence-corrected chi connectivity index (χ3v) is 8.65. The van der Waals surface area contributed by atoms with Crippen molar-refractivity contribution in [1.29, 1.82) is 0 Å². The van der Waals surface area contributed by atoms with Gasteiger partial charge in [-0.2, -0.15) is 0 Å². The Morgan fingerprint density at radius 1 is 1.10 bits per heavy atom. The van der Waals surface area contributed by atoms with Crippen LogP contribution in [0.4, 0.5) is 0 Å². The van der Waals surface area contributed by atoms with Crippen LogP contribution < -0.4 is 0 Å². The Kier molecular flexibility index (Phi) is 6.44. The second-order valence-corrected chi connectivity index (χ2v) is 10.7. The van der Waals surface area contributed by atoms with Crippen LogP contribution in [0.2, 0.25) is 0 Å². The zero-order valence-corrected chi connectivity index (χ0v) is 18.8. The number of fused-ring (bicyclic) bond motifs is 1. The molecule has 4 aliphatic rings. The lowest BCUT2D eigenvalue weighted by molar-refractivity contribution is 0.0862. The van der Waals surface area contributed by atoms with Gasteiger partial charge in [0.05, 0.1) is 18.3 Å². The Morgan fingerprint density at radius 2 is 1.87 bits per heavy atom. The van der Waals surface area contributed by atoms with E-state index in [1.807, 2.05) is 0 Å². The number of hydrogen-bond acceptors (Lipinski definition) is 3. The molecule has 30 heavy (non-hydrogen) atoms. The van der Waals surface area contributed by atoms with Gasteiger partial charge in [0.15, 0.2) is 0 Å². The van der Waals surface area contributed by atoms with Gasteiger partial charge < -0.3 is 15.3 Å². The highest BCUT2D eigenvalue weighted by molar-refractivity contribution is 5.38. The fourth-order valence-electron chi connectivity index (χ4n) is 6.63. The van der Waals surface area contributed by atoms with E-state index in [4.69, 9.17) is 0 Å². The van der Waals surface area contributed by atoms with E-state index in [2.05, 4.69) is 44.7 Å². The van der Waals surface area contributed by atoms with Crippen molar-refractivity contribution in [3.63, 3.8) is 0 Å². The highest BCUT2D eigenvalue weighted by atomic mass is 16.3. The van der Waals surface area contributed by atoms with Crippen molar-refractivity contribution in [3.8, 4) is 0 Å². The summed E-state index contributed by atoms with van der Waals surface area (Å²) in [5, 5.41) is 30.4. The molecule has 0 bridgehead atoms. The number of rotatable bonds is 5. The minimum Gasteiger partial charge on any atom is -0.393 e. The van der Waals surface area contributed by atoms with Gasteiger partial charge in [0.1, 0.15) is 0 Å². The van der Waals surface area contributed by atoms with E-state index in [0.29, 0.717) is 41.9 Å². The molecule has 0 aromatic rings. The summed E-state index contributed by atoms with van der Waals surface area (Å²) in [6, 6.07) is 0. The van der Waals surface area contributed by atoms with E-state index in [9.17, 15) is 15.3 Å². The predicted molar refractivity (Wildman–Crippen MR) is 122 cm³/mol. The zero-order chi connectivity index (χ0) is 21.5. The van der Waals surface area contributed by atoms with E-state index < -0.39 is 12.2 Å². The van der Waals surface area contributed by atoms with Crippen LogP contribution >= 0.6 is 0 Å². The van der Waals surface area contributed by atoms with Crippen molar-refractivity contribution in [2.24, 2.45) is 29.1 Å². The summed E-state index contributed by atoms with van der Waals surface area (Å²) in [7, 11) is 0. The first kappa shape index (κ1) is 22.0. The summed E-state index contributed by atoms with van der Waals surface area (Å²) in [4.78, 5) is 0. The minimum absolute atomic E-state index is 0.250. The van der Waals surface area contributed by atoms with Crippen LogP contribution in [0, 0.1) is 29.1 Å². The highest BCUT2D eigenvalue weighted by Crippen LogP contribution is 2.59. The first-order chi connectivity index (χ1) is 14.3. The van der Waals surface area contributed by atoms with Crippen LogP contribution in [0.3, 0.4) is 0 Å². The monoisotopic (exact) mass is 412 g/mol. The molecule has 0 spiro atoms. The molecule has 0 heterocycles. The van der Waals surface area contributed by atoms with Gasteiger partial charge in [-0.3, -0.25) is 0 Å². The molecular formula is C27H40O3. The molecule has 166 valence electrons. The number of aliphatic hydroxyl groups excluding tert-OH is 3. The molecule has 3 N–H and O–H groups in total. The molecule has 2 unspecified atom stereocenters. The maximum atomic E-state index is 10.2. The van der Waals surface area contributed by atoms with Gasteiger partial charge >= 0.3 is 0 Å². The highest BCUT2D eigenvalue weighted by Gasteiger charge is 2.50. The maximum absolute atomic E-state index is 10.2. The van der Waals surface area contributed by atoms with E-state index in [1.165, 1.54) is 44.1 Å². The van der Waals surface area contributed by atoms with Crippen molar-refractivity contribution in [1.82, 2.24) is 0 Å². The first-order valence-corrected chi connectivity index (χ1v) is 12.1. The predicted octanol–water partition coefficient (Wildman–Crippen LogP) is 5.09. The summed E-state index contributed by atoms with van der Waals surface area (Å²) >= 11 is 0. The van der Waals surface area contributed by atoms with Gasteiger partial charge in [-0.25, -0.2) is 0 Å². The maximum Gasteiger partial charge on any atom is 0.0811 e. The fourth-order valence-corrected chi connectivity index (χ4v) is 6.63. The molecule has 0 aromatic carbocycles. The van der Waals surface area contributed by atoms with Gasteiger partial charge in [0, 0.05) is 6.42 Å². The van der Waals surface area contributed by atoms with Crippen molar-refractivity contribution >= 4 is 0 Å². The summed E-state index contributed by atoms with van der Waals surface area (Å²) < 4.78 is 0. The molecule has 0 aliphatic heterocycles. The third-order valence-electron chi connectivity index (χ3n) is 8.65. The van der Waals surface area contributed by atoms with Crippen LogP contribution in [0.1, 0.15) is 71.6 Å². The lowest BCUT2D eigenvalue weighted by atomic mass is 9.61. The van der Waals surface area contributed by atoms with Gasteiger partial charge in [0.25, 0.3) is 0 Å². The Balaban J connectivity index is 1.48. The Hall–Kier alpha value is -1.16. The topological polar surface area (TPSA) is 60.7 Å². The molecule has 0 amide bonds. The third kappa shape index (κ3) is 4.40. The molecule has 0 saturated heterocycles. The molecule has 4 rings (SSSR count). The Bertz CT molecular complexity index is 743. The van der Waals surface area contributed by atoms with Crippen molar-refractivity contribution in [2.45, 2.75) is 89.9 Å². The second kappa shape index (κ2) is 8.76. The van der Waals surface area contributed by atoms with Gasteiger partial charge in [-0.1, -0.05) is 50.3 Å². The van der Waals surface area contributed by atoms with E-state index in [1.54, 1.807) is 0 Å². The molecular weight excluding hydrogens is 372 g/mol. The molecule has 4 saturated carbocycles. The van der Waals surface area contributed by atoms with Gasteiger partial charge in [0.2, 0.25) is 0 Å². The second-order valence-electron chi connectivity index (χ2n) is 10.7. The average Bonchev–Trinajstić information content (AvgIpc) is 3.49. The number of hydrogen-bond donors (Lipinski definition) is 3. The molecule has 3 heteroatoms. The molecule has 3 nitrogen and oxygen atoms in total. The summed E-state index contributed by atoms with van der Waals surface area (Å²) in [6.45, 7) is 8.88. The van der Waals surface area contributed by atoms with Crippen molar-refractivity contribution < 1.29 is 15.3 Å². The number of aliphatic hydroxyl groups is 3. The fraction of sp³-hybridized carbons (Fsp3) is 0.704. The van der Waals surface area contributed by atoms with Crippen molar-refractivity contribution in [3.05, 3.63) is 47.6 Å². The quantitative estimate of drug-likeness (QED) is 0.551. The largest absolute Gasteiger partial charge is 0.393 e. The first-order valence-electron chi connectivity index (χ1n) is 12.1. The van der Waals surface area contributed by atoms with Gasteiger partial charge in [-0.05, 0) is 91.6 Å². The zero-order valence-electron chi connectivity index (χ0n) is 18.8. The van der Waals surface area contributed by atoms with E-state index in [0.717, 1.165) is 17.6 Å². The molecule has 4 fully saturated rings. The average molecular weight is 413 g/mol. The van der Waals surface area contributed by atoms with Crippen LogP contribution in [0.15, 0.2) is 47.6 Å². The SMILES string of the molecule is C=C1/C(=C\C=C2/CCC[C@@]3(C)C2CCC3[C@H](C)/C=C\[C@@H](O)C2CC2)C[C@@H](O)C[C@@H]1O. The van der Waals surface area contributed by atoms with E-state index >= 15 is 0 Å². The van der Waals surface area contributed by atoms with Crippen LogP contribution in [0.25, 0.3) is 0 Å². The summed E-state index contributed by atoms with van der Waals surface area (Å²) in [6.07, 6.45) is 16.9. The van der Waals surface area contributed by atoms with Crippen LogP contribution in [-0.2, 0) is 0 Å². The normalized spacial score (nSPS) is 42.1. The smallest absolute Gasteiger partial charge is 0.0811 e. The minimum atomic E-state index is -0.621. The molecule has 0 radical (unpaired) electrons. The molecule has 4 aliphatic carbocycles. The Morgan fingerprint density at radius 3 is 2.60 bits per heavy atom. The lowest BCUT2D eigenvalue weighted by Crippen LogP contribution is -2.35. The number of allylic oxidation sites excluding steroid dienone is 4. The van der Waals surface area contributed by atoms with Gasteiger partial charge in [-0.15, -0.1) is 0 Å². The summed E-state index contributed by atoms with van der Waals surface area (Å²) in [5.74, 6) is 2.28. The Labute approximate surface area is 182 Å². The lowest BCUT2D eigenvalue weighted by Gasteiger charge is -2.44. The van der Waals surface area contributed by atoms with E-state index in [-0.39, 0.29) is 6.10 Å². The van der Waals surface area contributed by atoms with Crippen molar-refractivity contribution in [2.75, 3.05) is 0 Å². The van der Waals surface area contributed by atoms with Crippen LogP contribution in [-0.4, -0.2) is 33.6 Å². The summed E-state index contributed by atoms with van der Waals surface area (Å²) in [5.41, 5.74) is 3.63. The van der Waals surface area contributed by atoms with Crippen LogP contribution in [0.5, 0.6) is 0 Å². The standard InChI is InChI=1S/C27H40O3/c1-17(6-13-25(29)20-8-9-20)23-11-12-24-19(5-4-14-27(23,24)3)7-10-21-15-22(28)16-26(30)18(21)2/h6-7,10,13,17,20,22-26,28-30H,2,4-5,8-9,11-12,14-16H2,1,3H3/b13-6-,19-7+,21-10-/t17-,22-,23?,24?,25-,26+,27-/m1/s1.